The fraction of sp³-hybridized carbons (Fsp3) is 0.656. The molecule has 7 rings (SSSR count). The average Bonchev–Trinajstić information content (AvgIpc) is 2.95. The zero-order valence-corrected chi connectivity index (χ0v) is 24.8. The van der Waals surface area contributed by atoms with Gasteiger partial charge in [0.05, 0.1) is 6.20 Å². The molecule has 1 aliphatic heterocycles. The Balaban J connectivity index is 1.06. The summed E-state index contributed by atoms with van der Waals surface area (Å²) in [6, 6.07) is 11.4. The van der Waals surface area contributed by atoms with Crippen LogP contribution in [-0.4, -0.2) is 53.1 Å². The molecule has 4 aliphatic carbocycles. The van der Waals surface area contributed by atoms with Crippen LogP contribution in [0, 0.1) is 40.4 Å². The summed E-state index contributed by atoms with van der Waals surface area (Å²) in [6.07, 6.45) is 10.9. The lowest BCUT2D eigenvalue weighted by Gasteiger charge is -2.60. The quantitative estimate of drug-likeness (QED) is 0.331. The second-order valence-electron chi connectivity index (χ2n) is 13.3. The summed E-state index contributed by atoms with van der Waals surface area (Å²) in [7, 11) is 0. The van der Waals surface area contributed by atoms with E-state index in [1.807, 2.05) is 24.3 Å². The molecule has 3 N–H and O–H groups in total. The standard InChI is InChI=1S/C32H44ClN7/c1-21(2)40-9-7-22(8-10-40)17-35-29-25-11-23-12-26(29)15-32(13-23,14-25)20-38-30-27(16-34)19-37-31(39-30)36-18-24-5-3-4-6-28(24)33/h3-6,19,21-23,25-26,29,35H,7-15,17-18,20H2,1-2H3,(H2,36,37,38,39)/t23?,25-,26+,29-,32-. The van der Waals surface area contributed by atoms with Gasteiger partial charge >= 0.3 is 0 Å². The lowest BCUT2D eigenvalue weighted by molar-refractivity contribution is -0.0704. The number of piperidine rings is 1. The summed E-state index contributed by atoms with van der Waals surface area (Å²) in [4.78, 5) is 11.7. The van der Waals surface area contributed by atoms with Crippen LogP contribution in [0.25, 0.3) is 0 Å². The molecule has 1 aromatic carbocycles. The molecule has 4 bridgehead atoms. The Hall–Kier alpha value is -2.40. The van der Waals surface area contributed by atoms with E-state index < -0.39 is 0 Å². The van der Waals surface area contributed by atoms with Crippen LogP contribution in [-0.2, 0) is 6.54 Å². The van der Waals surface area contributed by atoms with Crippen molar-refractivity contribution in [3.63, 3.8) is 0 Å². The maximum atomic E-state index is 9.74. The molecule has 40 heavy (non-hydrogen) atoms. The van der Waals surface area contributed by atoms with Crippen molar-refractivity contribution in [1.29, 1.82) is 5.26 Å². The molecule has 2 aromatic rings. The Morgan fingerprint density at radius 2 is 1.85 bits per heavy atom. The molecule has 0 spiro atoms. The number of rotatable bonds is 10. The minimum atomic E-state index is 0.306. The Labute approximate surface area is 244 Å². The molecule has 5 atom stereocenters. The minimum absolute atomic E-state index is 0.306. The van der Waals surface area contributed by atoms with Crippen molar-refractivity contribution < 1.29 is 0 Å². The Morgan fingerprint density at radius 3 is 2.55 bits per heavy atom. The number of aromatic nitrogens is 2. The molecule has 0 amide bonds. The van der Waals surface area contributed by atoms with E-state index in [9.17, 15) is 5.26 Å². The van der Waals surface area contributed by atoms with Crippen molar-refractivity contribution in [2.45, 2.75) is 77.4 Å². The molecular formula is C32H44ClN7. The molecule has 0 radical (unpaired) electrons. The number of nitriles is 1. The van der Waals surface area contributed by atoms with Crippen LogP contribution in [0.15, 0.2) is 30.5 Å². The van der Waals surface area contributed by atoms with Crippen LogP contribution >= 0.6 is 11.6 Å². The van der Waals surface area contributed by atoms with E-state index in [0.29, 0.717) is 46.4 Å². The van der Waals surface area contributed by atoms with Crippen molar-refractivity contribution in [3.05, 3.63) is 46.6 Å². The molecule has 1 saturated heterocycles. The first-order valence-electron chi connectivity index (χ1n) is 15.4. The summed E-state index contributed by atoms with van der Waals surface area (Å²) in [6.45, 7) is 9.75. The minimum Gasteiger partial charge on any atom is -0.368 e. The summed E-state index contributed by atoms with van der Waals surface area (Å²) < 4.78 is 0. The number of benzene rings is 1. The van der Waals surface area contributed by atoms with Gasteiger partial charge in [-0.2, -0.15) is 10.2 Å². The fourth-order valence-electron chi connectivity index (χ4n) is 8.49. The highest BCUT2D eigenvalue weighted by atomic mass is 35.5. The normalized spacial score (nSPS) is 30.0. The number of likely N-dealkylation sites (tertiary alicyclic amines) is 1. The third-order valence-electron chi connectivity index (χ3n) is 10.4. The molecule has 214 valence electrons. The summed E-state index contributed by atoms with van der Waals surface area (Å²) in [5.41, 5.74) is 1.79. The first-order valence-corrected chi connectivity index (χ1v) is 15.7. The number of anilines is 2. The molecule has 1 unspecified atom stereocenters. The van der Waals surface area contributed by atoms with E-state index in [2.05, 4.69) is 45.8 Å². The first kappa shape index (κ1) is 27.8. The molecule has 1 aromatic heterocycles. The van der Waals surface area contributed by atoms with Gasteiger partial charge in [-0.15, -0.1) is 0 Å². The van der Waals surface area contributed by atoms with Gasteiger partial charge in [-0.05, 0) is 119 Å². The second kappa shape index (κ2) is 11.8. The Morgan fingerprint density at radius 1 is 1.10 bits per heavy atom. The van der Waals surface area contributed by atoms with Crippen molar-refractivity contribution in [2.24, 2.45) is 29.1 Å². The maximum Gasteiger partial charge on any atom is 0.224 e. The lowest BCUT2D eigenvalue weighted by atomic mass is 9.48. The highest BCUT2D eigenvalue weighted by Crippen LogP contribution is 2.60. The predicted octanol–water partition coefficient (Wildman–Crippen LogP) is 5.93. The molecule has 8 heteroatoms. The van der Waals surface area contributed by atoms with Gasteiger partial charge in [0, 0.05) is 30.2 Å². The van der Waals surface area contributed by atoms with E-state index in [4.69, 9.17) is 16.6 Å². The summed E-state index contributed by atoms with van der Waals surface area (Å²) in [5.74, 6) is 4.37. The number of hydrogen-bond acceptors (Lipinski definition) is 7. The zero-order chi connectivity index (χ0) is 27.7. The van der Waals surface area contributed by atoms with Crippen LogP contribution in [0.3, 0.4) is 0 Å². The Bertz CT molecular complexity index is 1200. The lowest BCUT2D eigenvalue weighted by Crippen LogP contribution is -2.60. The molecule has 5 fully saturated rings. The highest BCUT2D eigenvalue weighted by molar-refractivity contribution is 6.31. The van der Waals surface area contributed by atoms with E-state index in [0.717, 1.165) is 35.8 Å². The molecular weight excluding hydrogens is 518 g/mol. The van der Waals surface area contributed by atoms with E-state index in [-0.39, 0.29) is 0 Å². The fourth-order valence-corrected chi connectivity index (χ4v) is 8.69. The van der Waals surface area contributed by atoms with Gasteiger partial charge in [-0.3, -0.25) is 0 Å². The smallest absolute Gasteiger partial charge is 0.224 e. The van der Waals surface area contributed by atoms with Gasteiger partial charge in [-0.1, -0.05) is 29.8 Å². The van der Waals surface area contributed by atoms with Crippen molar-refractivity contribution in [2.75, 3.05) is 36.8 Å². The monoisotopic (exact) mass is 561 g/mol. The van der Waals surface area contributed by atoms with Gasteiger partial charge in [0.15, 0.2) is 0 Å². The van der Waals surface area contributed by atoms with E-state index >= 15 is 0 Å². The van der Waals surface area contributed by atoms with Gasteiger partial charge in [0.25, 0.3) is 0 Å². The molecule has 4 saturated carbocycles. The molecule has 7 nitrogen and oxygen atoms in total. The van der Waals surface area contributed by atoms with Crippen LogP contribution in [0.5, 0.6) is 0 Å². The highest BCUT2D eigenvalue weighted by Gasteiger charge is 2.55. The van der Waals surface area contributed by atoms with E-state index in [1.165, 1.54) is 64.6 Å². The first-order chi connectivity index (χ1) is 19.4. The molecule has 5 aliphatic rings. The third-order valence-corrected chi connectivity index (χ3v) is 10.7. The van der Waals surface area contributed by atoms with E-state index in [1.54, 1.807) is 6.20 Å². The molecule has 2 heterocycles. The van der Waals surface area contributed by atoms with Crippen molar-refractivity contribution in [1.82, 2.24) is 20.2 Å². The summed E-state index contributed by atoms with van der Waals surface area (Å²) in [5, 5.41) is 21.5. The zero-order valence-electron chi connectivity index (χ0n) is 24.0. The van der Waals surface area contributed by atoms with Crippen molar-refractivity contribution >= 4 is 23.4 Å². The van der Waals surface area contributed by atoms with Gasteiger partial charge in [0.1, 0.15) is 17.5 Å². The number of nitrogens with zero attached hydrogens (tertiary/aromatic N) is 4. The Kier molecular flexibility index (Phi) is 8.21. The third kappa shape index (κ3) is 5.95. The largest absolute Gasteiger partial charge is 0.368 e. The summed E-state index contributed by atoms with van der Waals surface area (Å²) >= 11 is 6.31. The van der Waals surface area contributed by atoms with Gasteiger partial charge < -0.3 is 20.9 Å². The maximum absolute atomic E-state index is 9.74. The topological polar surface area (TPSA) is 88.9 Å². The van der Waals surface area contributed by atoms with Gasteiger partial charge in [0.2, 0.25) is 5.95 Å². The SMILES string of the molecule is CC(C)N1CCC(CN[C@@H]2[C@@H]3CC4C[C@H]2C[C@@](CNc2nc(NCc5ccccc5Cl)ncc2C#N)(C4)C3)CC1. The van der Waals surface area contributed by atoms with Crippen LogP contribution in [0.1, 0.15) is 69.9 Å². The van der Waals surface area contributed by atoms with Crippen LogP contribution in [0.2, 0.25) is 5.02 Å². The number of nitrogens with one attached hydrogen (secondary N) is 3. The number of hydrogen-bond donors (Lipinski definition) is 3. The van der Waals surface area contributed by atoms with Gasteiger partial charge in [-0.25, -0.2) is 4.98 Å². The van der Waals surface area contributed by atoms with Crippen molar-refractivity contribution in [3.8, 4) is 6.07 Å². The average molecular weight is 562 g/mol. The van der Waals surface area contributed by atoms with Crippen LogP contribution in [0.4, 0.5) is 11.8 Å². The second-order valence-corrected chi connectivity index (χ2v) is 13.8. The van der Waals surface area contributed by atoms with Crippen LogP contribution < -0.4 is 16.0 Å². The number of halogens is 1. The predicted molar refractivity (Wildman–Crippen MR) is 161 cm³/mol.